The Hall–Kier alpha value is -0.870. The standard InChI is InChI=1S/C17H24O4/c1-10-5-6-15(3)12(7-10)21-14-8-13(20-11(2)18)16(15,4)17(14)9-19-17/h7,12-14H,5-6,8-9H2,1-4H3/t12-,13-,14-,15+,16-,17+/m0/s1. The Labute approximate surface area is 125 Å². The molecular weight excluding hydrogens is 268 g/mol. The molecule has 0 amide bonds. The highest BCUT2D eigenvalue weighted by molar-refractivity contribution is 5.66. The van der Waals surface area contributed by atoms with Gasteiger partial charge in [0.25, 0.3) is 0 Å². The number of ether oxygens (including phenoxy) is 3. The van der Waals surface area contributed by atoms with Gasteiger partial charge in [0, 0.05) is 24.2 Å². The van der Waals surface area contributed by atoms with E-state index in [-0.39, 0.29) is 40.7 Å². The van der Waals surface area contributed by atoms with Crippen LogP contribution in [0.25, 0.3) is 0 Å². The summed E-state index contributed by atoms with van der Waals surface area (Å²) >= 11 is 0. The molecule has 4 heteroatoms. The summed E-state index contributed by atoms with van der Waals surface area (Å²) < 4.78 is 18.1. The lowest BCUT2D eigenvalue weighted by atomic mass is 9.52. The fourth-order valence-electron chi connectivity index (χ4n) is 5.22. The summed E-state index contributed by atoms with van der Waals surface area (Å²) in [5.74, 6) is -0.202. The van der Waals surface area contributed by atoms with E-state index in [1.807, 2.05) is 0 Å². The highest BCUT2D eigenvalue weighted by atomic mass is 16.6. The maximum atomic E-state index is 11.6. The van der Waals surface area contributed by atoms with Crippen LogP contribution in [0.4, 0.5) is 0 Å². The van der Waals surface area contributed by atoms with Crippen molar-refractivity contribution in [2.75, 3.05) is 6.61 Å². The smallest absolute Gasteiger partial charge is 0.302 e. The summed E-state index contributed by atoms with van der Waals surface area (Å²) in [5.41, 5.74) is 0.946. The molecule has 2 aliphatic heterocycles. The van der Waals surface area contributed by atoms with Crippen molar-refractivity contribution in [1.82, 2.24) is 0 Å². The average Bonchev–Trinajstić information content (AvgIpc) is 3.16. The molecule has 4 nitrogen and oxygen atoms in total. The second-order valence-corrected chi connectivity index (χ2v) is 7.69. The minimum atomic E-state index is -0.239. The molecule has 0 N–H and O–H groups in total. The predicted molar refractivity (Wildman–Crippen MR) is 76.7 cm³/mol. The maximum absolute atomic E-state index is 11.6. The largest absolute Gasteiger partial charge is 0.462 e. The monoisotopic (exact) mass is 292 g/mol. The summed E-state index contributed by atoms with van der Waals surface area (Å²) in [6, 6.07) is 0. The zero-order chi connectivity index (χ0) is 15.0. The van der Waals surface area contributed by atoms with Crippen LogP contribution in [-0.4, -0.2) is 36.5 Å². The molecular formula is C17H24O4. The van der Waals surface area contributed by atoms with Gasteiger partial charge in [0.1, 0.15) is 11.7 Å². The van der Waals surface area contributed by atoms with E-state index in [2.05, 4.69) is 26.8 Å². The van der Waals surface area contributed by atoms with Crippen molar-refractivity contribution >= 4 is 5.97 Å². The van der Waals surface area contributed by atoms with Crippen molar-refractivity contribution in [2.45, 2.75) is 70.9 Å². The highest BCUT2D eigenvalue weighted by Crippen LogP contribution is 2.71. The van der Waals surface area contributed by atoms with Gasteiger partial charge in [-0.05, 0) is 19.8 Å². The molecule has 2 aliphatic carbocycles. The van der Waals surface area contributed by atoms with E-state index in [4.69, 9.17) is 14.2 Å². The third-order valence-corrected chi connectivity index (χ3v) is 6.83. The molecule has 2 saturated heterocycles. The van der Waals surface area contributed by atoms with Gasteiger partial charge >= 0.3 is 5.97 Å². The van der Waals surface area contributed by atoms with E-state index in [0.717, 1.165) is 25.9 Å². The normalized spacial score (nSPS) is 54.1. The van der Waals surface area contributed by atoms with Crippen molar-refractivity contribution in [3.8, 4) is 0 Å². The predicted octanol–water partition coefficient (Wildman–Crippen LogP) is 2.61. The molecule has 3 fully saturated rings. The first-order chi connectivity index (χ1) is 9.83. The number of epoxide rings is 1. The summed E-state index contributed by atoms with van der Waals surface area (Å²) in [6.45, 7) is 8.96. The van der Waals surface area contributed by atoms with E-state index in [9.17, 15) is 4.79 Å². The van der Waals surface area contributed by atoms with E-state index >= 15 is 0 Å². The lowest BCUT2D eigenvalue weighted by Crippen LogP contribution is -2.63. The van der Waals surface area contributed by atoms with Gasteiger partial charge in [-0.3, -0.25) is 4.79 Å². The van der Waals surface area contributed by atoms with E-state index in [0.29, 0.717) is 0 Å². The van der Waals surface area contributed by atoms with Crippen molar-refractivity contribution in [3.63, 3.8) is 0 Å². The molecule has 4 rings (SSSR count). The second kappa shape index (κ2) is 3.90. The lowest BCUT2D eigenvalue weighted by molar-refractivity contribution is -0.210. The van der Waals surface area contributed by atoms with Gasteiger partial charge in [-0.1, -0.05) is 25.5 Å². The molecule has 0 unspecified atom stereocenters. The molecule has 21 heavy (non-hydrogen) atoms. The van der Waals surface area contributed by atoms with Crippen LogP contribution in [0, 0.1) is 10.8 Å². The topological polar surface area (TPSA) is 48.1 Å². The Balaban J connectivity index is 1.82. The number of carbonyl (C=O) groups excluding carboxylic acids is 1. The van der Waals surface area contributed by atoms with E-state index in [1.54, 1.807) is 0 Å². The van der Waals surface area contributed by atoms with Crippen LogP contribution >= 0.6 is 0 Å². The molecule has 2 heterocycles. The van der Waals surface area contributed by atoms with E-state index < -0.39 is 0 Å². The number of esters is 1. The first-order valence-electron chi connectivity index (χ1n) is 7.97. The molecule has 0 aromatic heterocycles. The second-order valence-electron chi connectivity index (χ2n) is 7.69. The van der Waals surface area contributed by atoms with Crippen molar-refractivity contribution in [1.29, 1.82) is 0 Å². The Morgan fingerprint density at radius 3 is 2.76 bits per heavy atom. The number of hydrogen-bond acceptors (Lipinski definition) is 4. The Kier molecular flexibility index (Phi) is 2.56. The van der Waals surface area contributed by atoms with Gasteiger partial charge < -0.3 is 14.2 Å². The first-order valence-corrected chi connectivity index (χ1v) is 7.97. The molecule has 116 valence electrons. The summed E-state index contributed by atoms with van der Waals surface area (Å²) in [6.07, 6.45) is 5.23. The van der Waals surface area contributed by atoms with Gasteiger partial charge in [-0.25, -0.2) is 0 Å². The average molecular weight is 292 g/mol. The zero-order valence-corrected chi connectivity index (χ0v) is 13.3. The molecule has 0 aromatic rings. The summed E-state index contributed by atoms with van der Waals surface area (Å²) in [5, 5.41) is 0. The highest BCUT2D eigenvalue weighted by Gasteiger charge is 2.81. The van der Waals surface area contributed by atoms with Gasteiger partial charge in [-0.15, -0.1) is 0 Å². The van der Waals surface area contributed by atoms with Gasteiger partial charge in [0.05, 0.1) is 18.8 Å². The van der Waals surface area contributed by atoms with Crippen molar-refractivity contribution < 1.29 is 19.0 Å². The van der Waals surface area contributed by atoms with Crippen LogP contribution in [0.5, 0.6) is 0 Å². The Morgan fingerprint density at radius 2 is 2.14 bits per heavy atom. The fraction of sp³-hybridized carbons (Fsp3) is 0.824. The molecule has 4 aliphatic rings. The number of fused-ring (bicyclic) bond motifs is 2. The minimum Gasteiger partial charge on any atom is -0.462 e. The van der Waals surface area contributed by atoms with Crippen LogP contribution in [0.15, 0.2) is 11.6 Å². The van der Waals surface area contributed by atoms with Crippen molar-refractivity contribution in [2.24, 2.45) is 10.8 Å². The number of rotatable bonds is 1. The van der Waals surface area contributed by atoms with Gasteiger partial charge in [-0.2, -0.15) is 0 Å². The maximum Gasteiger partial charge on any atom is 0.302 e. The van der Waals surface area contributed by atoms with Crippen LogP contribution < -0.4 is 0 Å². The summed E-state index contributed by atoms with van der Waals surface area (Å²) in [4.78, 5) is 11.6. The van der Waals surface area contributed by atoms with E-state index in [1.165, 1.54) is 12.5 Å². The van der Waals surface area contributed by atoms with Crippen LogP contribution in [0.1, 0.15) is 47.0 Å². The Bertz CT molecular complexity index is 535. The quantitative estimate of drug-likeness (QED) is 0.423. The van der Waals surface area contributed by atoms with Crippen LogP contribution in [0.3, 0.4) is 0 Å². The van der Waals surface area contributed by atoms with Gasteiger partial charge in [0.2, 0.25) is 0 Å². The first kappa shape index (κ1) is 13.8. The molecule has 2 bridgehead atoms. The molecule has 1 saturated carbocycles. The van der Waals surface area contributed by atoms with Crippen LogP contribution in [0.2, 0.25) is 0 Å². The zero-order valence-electron chi connectivity index (χ0n) is 13.3. The third kappa shape index (κ3) is 1.45. The molecule has 0 radical (unpaired) electrons. The molecule has 6 atom stereocenters. The third-order valence-electron chi connectivity index (χ3n) is 6.83. The van der Waals surface area contributed by atoms with Crippen LogP contribution in [-0.2, 0) is 19.0 Å². The SMILES string of the molecule is CC(=O)O[C@H]1C[C@@H]2O[C@H]3C=C(C)CC[C@@]3(C)[C@@]1(C)[C@@]21CO1. The number of allylic oxidation sites excluding steroid dienone is 1. The van der Waals surface area contributed by atoms with Gasteiger partial charge in [0.15, 0.2) is 0 Å². The Morgan fingerprint density at radius 1 is 1.43 bits per heavy atom. The number of hydrogen-bond donors (Lipinski definition) is 0. The molecule has 1 spiro atoms. The minimum absolute atomic E-state index is 0.0455. The fourth-order valence-corrected chi connectivity index (χ4v) is 5.22. The van der Waals surface area contributed by atoms with Crippen molar-refractivity contribution in [3.05, 3.63) is 11.6 Å². The molecule has 0 aromatic carbocycles. The summed E-state index contributed by atoms with van der Waals surface area (Å²) in [7, 11) is 0. The lowest BCUT2D eigenvalue weighted by Gasteiger charge is -2.57. The number of carbonyl (C=O) groups is 1.